The van der Waals surface area contributed by atoms with E-state index >= 15 is 0 Å². The normalized spacial score (nSPS) is 16.6. The van der Waals surface area contributed by atoms with Crippen LogP contribution < -0.4 is 10.1 Å². The molecular formula is C18H15N3O5S. The Kier molecular flexibility index (Phi) is 5.13. The molecule has 0 bridgehead atoms. The van der Waals surface area contributed by atoms with Crippen molar-refractivity contribution in [3.05, 3.63) is 62.5 Å². The highest BCUT2D eigenvalue weighted by Gasteiger charge is 2.25. The van der Waals surface area contributed by atoms with Crippen molar-refractivity contribution in [2.45, 2.75) is 6.92 Å². The second-order valence-corrected chi connectivity index (χ2v) is 6.70. The van der Waals surface area contributed by atoms with Crippen LogP contribution in [0.5, 0.6) is 11.5 Å². The predicted molar refractivity (Wildman–Crippen MR) is 103 cm³/mol. The van der Waals surface area contributed by atoms with Crippen LogP contribution in [0.2, 0.25) is 0 Å². The van der Waals surface area contributed by atoms with E-state index in [-0.39, 0.29) is 11.7 Å². The molecule has 138 valence electrons. The fraction of sp³-hybridized carbons (Fsp3) is 0.111. The summed E-state index contributed by atoms with van der Waals surface area (Å²) in [6, 6.07) is 10.1. The first-order valence-electron chi connectivity index (χ1n) is 7.79. The van der Waals surface area contributed by atoms with E-state index in [1.54, 1.807) is 0 Å². The zero-order valence-electron chi connectivity index (χ0n) is 14.4. The fourth-order valence-electron chi connectivity index (χ4n) is 2.36. The first-order valence-corrected chi connectivity index (χ1v) is 8.60. The van der Waals surface area contributed by atoms with Crippen LogP contribution in [0.4, 0.5) is 11.4 Å². The van der Waals surface area contributed by atoms with Crippen molar-refractivity contribution in [2.75, 3.05) is 7.11 Å². The number of amidine groups is 1. The number of nitrogens with one attached hydrogen (secondary N) is 1. The third-order valence-electron chi connectivity index (χ3n) is 3.71. The lowest BCUT2D eigenvalue weighted by atomic mass is 10.1. The van der Waals surface area contributed by atoms with Gasteiger partial charge < -0.3 is 15.2 Å². The standard InChI is InChI=1S/C18H15N3O5S/c1-10-3-5-12(6-4-10)19-18-20-17(23)15(27-18)9-11-7-13(21(24)25)16(22)14(8-11)26-2/h3-9,22H,1-2H3,(H,19,20,23)/b15-9+. The van der Waals surface area contributed by atoms with Crippen molar-refractivity contribution in [1.29, 1.82) is 0 Å². The molecule has 1 amide bonds. The molecule has 1 saturated heterocycles. The number of amides is 1. The van der Waals surface area contributed by atoms with Gasteiger partial charge in [-0.2, -0.15) is 0 Å². The van der Waals surface area contributed by atoms with Crippen LogP contribution in [0.15, 0.2) is 46.3 Å². The lowest BCUT2D eigenvalue weighted by Gasteiger charge is -2.05. The zero-order valence-corrected chi connectivity index (χ0v) is 15.2. The Bertz CT molecular complexity index is 983. The van der Waals surface area contributed by atoms with Crippen molar-refractivity contribution >= 4 is 40.3 Å². The SMILES string of the molecule is COc1cc(/C=C2/SC(=Nc3ccc(C)cc3)NC2=O)cc([N+](=O)[O-])c1O. The predicted octanol–water partition coefficient (Wildman–Crippen LogP) is 3.51. The van der Waals surface area contributed by atoms with Gasteiger partial charge in [-0.15, -0.1) is 0 Å². The van der Waals surface area contributed by atoms with Gasteiger partial charge in [0.15, 0.2) is 10.9 Å². The maximum Gasteiger partial charge on any atom is 0.315 e. The highest BCUT2D eigenvalue weighted by atomic mass is 32.2. The number of hydrogen-bond acceptors (Lipinski definition) is 7. The molecule has 1 aliphatic heterocycles. The second-order valence-electron chi connectivity index (χ2n) is 5.67. The number of rotatable bonds is 4. The minimum absolute atomic E-state index is 0.0481. The lowest BCUT2D eigenvalue weighted by Crippen LogP contribution is -2.19. The van der Waals surface area contributed by atoms with Gasteiger partial charge in [0.1, 0.15) is 0 Å². The molecule has 2 N–H and O–H groups in total. The van der Waals surface area contributed by atoms with Gasteiger partial charge in [-0.3, -0.25) is 14.9 Å². The largest absolute Gasteiger partial charge is 0.500 e. The Morgan fingerprint density at radius 2 is 2.00 bits per heavy atom. The van der Waals surface area contributed by atoms with Crippen molar-refractivity contribution < 1.29 is 19.6 Å². The van der Waals surface area contributed by atoms with Crippen molar-refractivity contribution in [3.63, 3.8) is 0 Å². The Labute approximate surface area is 158 Å². The molecular weight excluding hydrogens is 370 g/mol. The number of aryl methyl sites for hydroxylation is 1. The molecule has 0 saturated carbocycles. The fourth-order valence-corrected chi connectivity index (χ4v) is 3.20. The highest BCUT2D eigenvalue weighted by Crippen LogP contribution is 2.38. The molecule has 0 atom stereocenters. The van der Waals surface area contributed by atoms with E-state index in [0.29, 0.717) is 21.3 Å². The molecule has 2 aromatic rings. The van der Waals surface area contributed by atoms with Gasteiger partial charge in [0, 0.05) is 6.07 Å². The van der Waals surface area contributed by atoms with Gasteiger partial charge in [-0.25, -0.2) is 4.99 Å². The van der Waals surface area contributed by atoms with E-state index in [2.05, 4.69) is 10.3 Å². The third-order valence-corrected chi connectivity index (χ3v) is 4.62. The topological polar surface area (TPSA) is 114 Å². The Balaban J connectivity index is 1.91. The summed E-state index contributed by atoms with van der Waals surface area (Å²) in [6.07, 6.45) is 1.48. The third kappa shape index (κ3) is 4.09. The first kappa shape index (κ1) is 18.5. The molecule has 8 nitrogen and oxygen atoms in total. The smallest absolute Gasteiger partial charge is 0.315 e. The van der Waals surface area contributed by atoms with E-state index in [1.807, 2.05) is 31.2 Å². The van der Waals surface area contributed by atoms with Crippen LogP contribution >= 0.6 is 11.8 Å². The number of nitrogens with zero attached hydrogens (tertiary/aromatic N) is 2. The van der Waals surface area contributed by atoms with Gasteiger partial charge in [0.05, 0.1) is 22.6 Å². The molecule has 0 radical (unpaired) electrons. The molecule has 0 aromatic heterocycles. The molecule has 2 aromatic carbocycles. The monoisotopic (exact) mass is 385 g/mol. The summed E-state index contributed by atoms with van der Waals surface area (Å²) in [4.78, 5) is 27.2. The highest BCUT2D eigenvalue weighted by molar-refractivity contribution is 8.18. The quantitative estimate of drug-likeness (QED) is 0.473. The number of benzene rings is 2. The minimum atomic E-state index is -0.716. The summed E-state index contributed by atoms with van der Waals surface area (Å²) in [6.45, 7) is 1.97. The molecule has 0 unspecified atom stereocenters. The van der Waals surface area contributed by atoms with Gasteiger partial charge in [0.2, 0.25) is 5.75 Å². The van der Waals surface area contributed by atoms with E-state index in [4.69, 9.17) is 4.74 Å². The van der Waals surface area contributed by atoms with Gasteiger partial charge in [-0.05, 0) is 48.5 Å². The number of hydrogen-bond donors (Lipinski definition) is 2. The average Bonchev–Trinajstić information content (AvgIpc) is 2.97. The van der Waals surface area contributed by atoms with E-state index < -0.39 is 16.4 Å². The van der Waals surface area contributed by atoms with Crippen LogP contribution in [-0.2, 0) is 4.79 Å². The van der Waals surface area contributed by atoms with Crippen LogP contribution in [0, 0.1) is 17.0 Å². The van der Waals surface area contributed by atoms with Crippen LogP contribution in [0.3, 0.4) is 0 Å². The van der Waals surface area contributed by atoms with E-state index in [0.717, 1.165) is 17.3 Å². The summed E-state index contributed by atoms with van der Waals surface area (Å²) in [5.41, 5.74) is 1.65. The number of carbonyl (C=O) groups is 1. The number of phenols is 1. The molecule has 1 fully saturated rings. The summed E-state index contributed by atoms with van der Waals surface area (Å²) >= 11 is 1.12. The van der Waals surface area contributed by atoms with Crippen molar-refractivity contribution in [2.24, 2.45) is 4.99 Å². The Hall–Kier alpha value is -3.33. The zero-order chi connectivity index (χ0) is 19.6. The number of aromatic hydroxyl groups is 1. The average molecular weight is 385 g/mol. The number of phenolic OH excluding ortho intramolecular Hbond substituents is 1. The van der Waals surface area contributed by atoms with Crippen LogP contribution in [0.1, 0.15) is 11.1 Å². The second kappa shape index (κ2) is 7.50. The number of nitro benzene ring substituents is 1. The van der Waals surface area contributed by atoms with Crippen molar-refractivity contribution in [3.8, 4) is 11.5 Å². The summed E-state index contributed by atoms with van der Waals surface area (Å²) in [7, 11) is 1.29. The number of ether oxygens (including phenoxy) is 1. The molecule has 1 aliphatic rings. The lowest BCUT2D eigenvalue weighted by molar-refractivity contribution is -0.386. The molecule has 3 rings (SSSR count). The molecule has 27 heavy (non-hydrogen) atoms. The van der Waals surface area contributed by atoms with E-state index in [9.17, 15) is 20.0 Å². The first-order chi connectivity index (χ1) is 12.9. The minimum Gasteiger partial charge on any atom is -0.500 e. The number of carbonyl (C=O) groups excluding carboxylic acids is 1. The number of nitro groups is 1. The summed E-state index contributed by atoms with van der Waals surface area (Å²) < 4.78 is 4.96. The van der Waals surface area contributed by atoms with Crippen LogP contribution in [-0.4, -0.2) is 28.2 Å². The van der Waals surface area contributed by atoms with Gasteiger partial charge in [0.25, 0.3) is 5.91 Å². The number of methoxy groups -OCH3 is 1. The Morgan fingerprint density at radius 3 is 2.63 bits per heavy atom. The number of thioether (sulfide) groups is 1. The molecule has 0 aliphatic carbocycles. The molecule has 0 spiro atoms. The van der Waals surface area contributed by atoms with Gasteiger partial charge in [-0.1, -0.05) is 17.7 Å². The summed E-state index contributed by atoms with van der Waals surface area (Å²) in [5, 5.41) is 24.0. The molecule has 1 heterocycles. The maximum absolute atomic E-state index is 12.2. The maximum atomic E-state index is 12.2. The van der Waals surface area contributed by atoms with Crippen LogP contribution in [0.25, 0.3) is 6.08 Å². The van der Waals surface area contributed by atoms with Crippen molar-refractivity contribution in [1.82, 2.24) is 5.32 Å². The summed E-state index contributed by atoms with van der Waals surface area (Å²) in [5.74, 6) is -0.969. The van der Waals surface area contributed by atoms with Gasteiger partial charge >= 0.3 is 5.69 Å². The Morgan fingerprint density at radius 1 is 1.30 bits per heavy atom. The van der Waals surface area contributed by atoms with E-state index in [1.165, 1.54) is 25.3 Å². The molecule has 9 heteroatoms. The number of aliphatic imine (C=N–C) groups is 1.